The van der Waals surface area contributed by atoms with Gasteiger partial charge in [0, 0.05) is 17.8 Å². The predicted octanol–water partition coefficient (Wildman–Crippen LogP) is 1.79. The number of methoxy groups -OCH3 is 3. The van der Waals surface area contributed by atoms with Crippen molar-refractivity contribution in [1.29, 1.82) is 0 Å². The van der Waals surface area contributed by atoms with Gasteiger partial charge in [0.05, 0.1) is 26.2 Å². The zero-order chi connectivity index (χ0) is 23.9. The molecule has 0 fully saturated rings. The maximum Gasteiger partial charge on any atom is 0.321 e. The fraction of sp³-hybridized carbons (Fsp3) is 0.333. The number of carbonyl (C=O) groups is 2. The number of anilines is 1. The molecule has 0 atom stereocenters. The molecule has 11 heteroatoms. The third-order valence-corrected chi connectivity index (χ3v) is 5.91. The highest BCUT2D eigenvalue weighted by molar-refractivity contribution is 7.89. The molecule has 0 saturated heterocycles. The number of benzene rings is 2. The Kier molecular flexibility index (Phi) is 8.44. The van der Waals surface area contributed by atoms with Crippen LogP contribution in [0, 0.1) is 13.8 Å². The third-order valence-electron chi connectivity index (χ3n) is 4.51. The number of aryl methyl sites for hydroxylation is 2. The van der Waals surface area contributed by atoms with Crippen molar-refractivity contribution < 1.29 is 37.0 Å². The Morgan fingerprint density at radius 1 is 0.906 bits per heavy atom. The van der Waals surface area contributed by atoms with Crippen LogP contribution in [0.4, 0.5) is 5.69 Å². The summed E-state index contributed by atoms with van der Waals surface area (Å²) in [4.78, 5) is 24.1. The van der Waals surface area contributed by atoms with Crippen LogP contribution < -0.4 is 24.2 Å². The van der Waals surface area contributed by atoms with Gasteiger partial charge in [-0.15, -0.1) is 0 Å². The maximum absolute atomic E-state index is 12.3. The summed E-state index contributed by atoms with van der Waals surface area (Å²) in [5.41, 5.74) is 2.08. The second-order valence-electron chi connectivity index (χ2n) is 6.69. The van der Waals surface area contributed by atoms with Gasteiger partial charge in [-0.3, -0.25) is 9.59 Å². The van der Waals surface area contributed by atoms with E-state index in [9.17, 15) is 18.0 Å². The first-order valence-electron chi connectivity index (χ1n) is 9.43. The topological polar surface area (TPSA) is 129 Å². The SMILES string of the molecule is COc1cc(NC(=O)COC(=O)CNS(=O)(=O)c2ccc(C)c(C)c2)cc(OC)c1OC. The number of ether oxygens (including phenoxy) is 4. The molecule has 1 amide bonds. The molecule has 0 radical (unpaired) electrons. The molecule has 0 aromatic heterocycles. The number of carbonyl (C=O) groups excluding carboxylic acids is 2. The van der Waals surface area contributed by atoms with Crippen LogP contribution in [0.2, 0.25) is 0 Å². The van der Waals surface area contributed by atoms with Gasteiger partial charge in [0.2, 0.25) is 15.8 Å². The van der Waals surface area contributed by atoms with Crippen molar-refractivity contribution in [3.05, 3.63) is 41.5 Å². The Morgan fingerprint density at radius 3 is 2.06 bits per heavy atom. The number of sulfonamides is 1. The summed E-state index contributed by atoms with van der Waals surface area (Å²) < 4.78 is 47.3. The summed E-state index contributed by atoms with van der Waals surface area (Å²) in [6.07, 6.45) is 0. The van der Waals surface area contributed by atoms with Gasteiger partial charge in [0.1, 0.15) is 6.54 Å². The lowest BCUT2D eigenvalue weighted by molar-refractivity contribution is -0.146. The zero-order valence-electron chi connectivity index (χ0n) is 18.5. The smallest absolute Gasteiger partial charge is 0.321 e. The molecule has 0 aliphatic rings. The maximum atomic E-state index is 12.3. The van der Waals surface area contributed by atoms with Crippen molar-refractivity contribution in [2.45, 2.75) is 18.7 Å². The van der Waals surface area contributed by atoms with E-state index in [1.807, 2.05) is 6.92 Å². The molecule has 0 heterocycles. The second-order valence-corrected chi connectivity index (χ2v) is 8.46. The molecule has 0 spiro atoms. The normalized spacial score (nSPS) is 10.9. The van der Waals surface area contributed by atoms with Gasteiger partial charge in [-0.25, -0.2) is 8.42 Å². The number of nitrogens with one attached hydrogen (secondary N) is 2. The van der Waals surface area contributed by atoms with E-state index in [-0.39, 0.29) is 4.90 Å². The molecule has 0 unspecified atom stereocenters. The van der Waals surface area contributed by atoms with Crippen LogP contribution in [0.15, 0.2) is 35.2 Å². The van der Waals surface area contributed by atoms with E-state index in [0.717, 1.165) is 11.1 Å². The van der Waals surface area contributed by atoms with Crippen LogP contribution >= 0.6 is 0 Å². The lowest BCUT2D eigenvalue weighted by Gasteiger charge is -2.14. The largest absolute Gasteiger partial charge is 0.493 e. The van der Waals surface area contributed by atoms with Crippen molar-refractivity contribution in [1.82, 2.24) is 4.72 Å². The van der Waals surface area contributed by atoms with Gasteiger partial charge in [-0.2, -0.15) is 4.72 Å². The van der Waals surface area contributed by atoms with Gasteiger partial charge in [0.15, 0.2) is 18.1 Å². The van der Waals surface area contributed by atoms with E-state index in [0.29, 0.717) is 22.9 Å². The molecule has 0 aliphatic heterocycles. The number of hydrogen-bond donors (Lipinski definition) is 2. The highest BCUT2D eigenvalue weighted by atomic mass is 32.2. The molecule has 0 bridgehead atoms. The molecule has 2 rings (SSSR count). The summed E-state index contributed by atoms with van der Waals surface area (Å²) in [6, 6.07) is 7.65. The first kappa shape index (κ1) is 25.0. The standard InChI is InChI=1S/C21H26N2O8S/c1-13-6-7-16(8-14(13)2)32(26,27)22-11-20(25)31-12-19(24)23-15-9-17(28-3)21(30-5)18(10-15)29-4/h6-10,22H,11-12H2,1-5H3,(H,23,24). The van der Waals surface area contributed by atoms with Crippen molar-refractivity contribution in [2.75, 3.05) is 39.8 Å². The van der Waals surface area contributed by atoms with E-state index < -0.39 is 35.1 Å². The van der Waals surface area contributed by atoms with Crippen LogP contribution in [-0.4, -0.2) is 54.8 Å². The fourth-order valence-corrected chi connectivity index (χ4v) is 3.72. The Morgan fingerprint density at radius 2 is 1.53 bits per heavy atom. The molecular formula is C21H26N2O8S. The monoisotopic (exact) mass is 466 g/mol. The van der Waals surface area contributed by atoms with Gasteiger partial charge >= 0.3 is 5.97 Å². The van der Waals surface area contributed by atoms with Crippen LogP contribution in [0.3, 0.4) is 0 Å². The molecular weight excluding hydrogens is 440 g/mol. The molecule has 0 saturated carbocycles. The minimum absolute atomic E-state index is 0.0357. The van der Waals surface area contributed by atoms with Gasteiger partial charge in [-0.1, -0.05) is 6.07 Å². The fourth-order valence-electron chi connectivity index (χ4n) is 2.67. The Labute approximate surface area is 186 Å². The second kappa shape index (κ2) is 10.8. The van der Waals surface area contributed by atoms with Crippen molar-refractivity contribution in [3.63, 3.8) is 0 Å². The summed E-state index contributed by atoms with van der Waals surface area (Å²) in [6.45, 7) is 2.42. The summed E-state index contributed by atoms with van der Waals surface area (Å²) >= 11 is 0. The van der Waals surface area contributed by atoms with Gasteiger partial charge < -0.3 is 24.3 Å². The quantitative estimate of drug-likeness (QED) is 0.507. The Hall–Kier alpha value is -3.31. The Bertz CT molecular complexity index is 1070. The minimum atomic E-state index is -3.89. The lowest BCUT2D eigenvalue weighted by Crippen LogP contribution is -2.32. The van der Waals surface area contributed by atoms with Crippen LogP contribution in [0.5, 0.6) is 17.2 Å². The summed E-state index contributed by atoms with van der Waals surface area (Å²) in [5.74, 6) is -0.516. The lowest BCUT2D eigenvalue weighted by atomic mass is 10.1. The average molecular weight is 467 g/mol. The van der Waals surface area contributed by atoms with E-state index in [1.54, 1.807) is 13.0 Å². The van der Waals surface area contributed by atoms with Crippen molar-refractivity contribution >= 4 is 27.6 Å². The summed E-state index contributed by atoms with van der Waals surface area (Å²) in [5, 5.41) is 2.54. The molecule has 2 aromatic carbocycles. The molecule has 2 aromatic rings. The average Bonchev–Trinajstić information content (AvgIpc) is 2.77. The number of esters is 1. The summed E-state index contributed by atoms with van der Waals surface area (Å²) in [7, 11) is 0.424. The molecule has 0 aliphatic carbocycles. The predicted molar refractivity (Wildman–Crippen MR) is 117 cm³/mol. The van der Waals surface area contributed by atoms with E-state index in [2.05, 4.69) is 10.0 Å². The van der Waals surface area contributed by atoms with Crippen molar-refractivity contribution in [2.24, 2.45) is 0 Å². The molecule has 32 heavy (non-hydrogen) atoms. The number of amides is 1. The number of rotatable bonds is 10. The molecule has 174 valence electrons. The minimum Gasteiger partial charge on any atom is -0.493 e. The molecule has 2 N–H and O–H groups in total. The van der Waals surface area contributed by atoms with E-state index in [4.69, 9.17) is 18.9 Å². The zero-order valence-corrected chi connectivity index (χ0v) is 19.3. The Balaban J connectivity index is 1.91. The van der Waals surface area contributed by atoms with Crippen LogP contribution in [0.25, 0.3) is 0 Å². The van der Waals surface area contributed by atoms with Crippen LogP contribution in [0.1, 0.15) is 11.1 Å². The van der Waals surface area contributed by atoms with Crippen molar-refractivity contribution in [3.8, 4) is 17.2 Å². The van der Waals surface area contributed by atoms with E-state index >= 15 is 0 Å². The number of hydrogen-bond acceptors (Lipinski definition) is 8. The van der Waals surface area contributed by atoms with Crippen LogP contribution in [-0.2, 0) is 24.3 Å². The van der Waals surface area contributed by atoms with Gasteiger partial charge in [0.25, 0.3) is 5.91 Å². The first-order chi connectivity index (χ1) is 15.1. The highest BCUT2D eigenvalue weighted by Gasteiger charge is 2.18. The van der Waals surface area contributed by atoms with E-state index in [1.165, 1.54) is 45.6 Å². The van der Waals surface area contributed by atoms with Gasteiger partial charge in [-0.05, 0) is 37.1 Å². The first-order valence-corrected chi connectivity index (χ1v) is 10.9. The highest BCUT2D eigenvalue weighted by Crippen LogP contribution is 2.39. The third kappa shape index (κ3) is 6.34. The molecule has 10 nitrogen and oxygen atoms in total.